The summed E-state index contributed by atoms with van der Waals surface area (Å²) in [5, 5.41) is 3.26. The lowest BCUT2D eigenvalue weighted by Gasteiger charge is -2.19. The molecule has 4 rings (SSSR count). The highest BCUT2D eigenvalue weighted by Crippen LogP contribution is 2.31. The number of rotatable bonds is 9. The van der Waals surface area contributed by atoms with Gasteiger partial charge in [-0.05, 0) is 50.1 Å². The maximum absolute atomic E-state index is 13.8. The summed E-state index contributed by atoms with van der Waals surface area (Å²) in [5.41, 5.74) is 4.19. The summed E-state index contributed by atoms with van der Waals surface area (Å²) in [6.45, 7) is 7.31. The molecule has 1 heterocycles. The van der Waals surface area contributed by atoms with Crippen molar-refractivity contribution >= 4 is 5.91 Å². The van der Waals surface area contributed by atoms with Gasteiger partial charge in [0.2, 0.25) is 0 Å². The van der Waals surface area contributed by atoms with Crippen molar-refractivity contribution in [2.45, 2.75) is 39.8 Å². The smallest absolute Gasteiger partial charge is 0.270 e. The van der Waals surface area contributed by atoms with Gasteiger partial charge >= 0.3 is 0 Å². The molecule has 5 heteroatoms. The van der Waals surface area contributed by atoms with Crippen LogP contribution in [0.3, 0.4) is 0 Å². The van der Waals surface area contributed by atoms with Gasteiger partial charge in [0.25, 0.3) is 5.91 Å². The zero-order valence-electron chi connectivity index (χ0n) is 20.0. The Hall–Kier alpha value is -3.86. The molecule has 174 valence electrons. The van der Waals surface area contributed by atoms with Crippen LogP contribution in [0.1, 0.15) is 49.3 Å². The summed E-state index contributed by atoms with van der Waals surface area (Å²) < 4.78 is 7.61. The number of nitrogens with one attached hydrogen (secondary N) is 1. The first-order chi connectivity index (χ1) is 16.7. The van der Waals surface area contributed by atoms with E-state index in [4.69, 9.17) is 9.72 Å². The average Bonchev–Trinajstić information content (AvgIpc) is 3.28. The van der Waals surface area contributed by atoms with Crippen LogP contribution in [0.4, 0.5) is 0 Å². The quantitative estimate of drug-likeness (QED) is 0.314. The number of benzene rings is 3. The van der Waals surface area contributed by atoms with E-state index in [2.05, 4.69) is 12.2 Å². The van der Waals surface area contributed by atoms with Crippen LogP contribution in [0.25, 0.3) is 22.6 Å². The van der Waals surface area contributed by atoms with Crippen molar-refractivity contribution in [2.24, 2.45) is 0 Å². The predicted octanol–water partition coefficient (Wildman–Crippen LogP) is 6.52. The van der Waals surface area contributed by atoms with E-state index in [1.807, 2.05) is 103 Å². The van der Waals surface area contributed by atoms with E-state index < -0.39 is 0 Å². The lowest BCUT2D eigenvalue weighted by molar-refractivity contribution is 0.0927. The van der Waals surface area contributed by atoms with E-state index in [0.29, 0.717) is 24.5 Å². The van der Waals surface area contributed by atoms with Crippen LogP contribution in [-0.4, -0.2) is 22.1 Å². The Morgan fingerprint density at radius 1 is 0.882 bits per heavy atom. The summed E-state index contributed by atoms with van der Waals surface area (Å²) in [5.74, 6) is 1.45. The summed E-state index contributed by atoms with van der Waals surface area (Å²) in [4.78, 5) is 18.8. The second-order valence-corrected chi connectivity index (χ2v) is 8.05. The standard InChI is InChI=1S/C29H31N3O2/c1-4-25(21-13-9-7-10-14-21)30-29(33)27-26(22-17-19-24(20-18-22)34-6-3)31-28(32(27)5-2)23-15-11-8-12-16-23/h7-20,25H,4-6H2,1-3H3,(H,30,33)/t25-/m0/s1. The summed E-state index contributed by atoms with van der Waals surface area (Å²) in [7, 11) is 0. The Bertz CT molecular complexity index is 1220. The summed E-state index contributed by atoms with van der Waals surface area (Å²) in [6.07, 6.45) is 0.792. The van der Waals surface area contributed by atoms with Crippen LogP contribution in [0.15, 0.2) is 84.9 Å². The Morgan fingerprint density at radius 2 is 1.53 bits per heavy atom. The SMILES string of the molecule is CCOc1ccc(-c2nc(-c3ccccc3)n(CC)c2C(=O)N[C@@H](CC)c2ccccc2)cc1. The molecule has 1 aromatic heterocycles. The third-order valence-electron chi connectivity index (χ3n) is 5.89. The van der Waals surface area contributed by atoms with E-state index in [0.717, 1.165) is 34.7 Å². The minimum absolute atomic E-state index is 0.0812. The molecular formula is C29H31N3O2. The largest absolute Gasteiger partial charge is 0.494 e. The lowest BCUT2D eigenvalue weighted by atomic mass is 10.0. The van der Waals surface area contributed by atoms with E-state index in [9.17, 15) is 4.79 Å². The van der Waals surface area contributed by atoms with Gasteiger partial charge in [-0.1, -0.05) is 67.6 Å². The zero-order valence-corrected chi connectivity index (χ0v) is 20.0. The molecule has 1 N–H and O–H groups in total. The highest BCUT2D eigenvalue weighted by molar-refractivity contribution is 5.99. The van der Waals surface area contributed by atoms with Gasteiger partial charge in [-0.2, -0.15) is 0 Å². The van der Waals surface area contributed by atoms with E-state index >= 15 is 0 Å². The van der Waals surface area contributed by atoms with Crippen molar-refractivity contribution in [1.82, 2.24) is 14.9 Å². The third kappa shape index (κ3) is 4.88. The molecule has 1 atom stereocenters. The van der Waals surface area contributed by atoms with Crippen LogP contribution in [0.5, 0.6) is 5.75 Å². The van der Waals surface area contributed by atoms with Gasteiger partial charge in [-0.3, -0.25) is 4.79 Å². The molecule has 0 fully saturated rings. The van der Waals surface area contributed by atoms with Gasteiger partial charge in [0, 0.05) is 17.7 Å². The number of imidazole rings is 1. The Balaban J connectivity index is 1.80. The molecule has 3 aromatic carbocycles. The van der Waals surface area contributed by atoms with Crippen LogP contribution in [0.2, 0.25) is 0 Å². The minimum atomic E-state index is -0.129. The number of amides is 1. The van der Waals surface area contributed by atoms with Gasteiger partial charge in [0.1, 0.15) is 23.0 Å². The number of carbonyl (C=O) groups is 1. The van der Waals surface area contributed by atoms with E-state index in [-0.39, 0.29) is 11.9 Å². The Morgan fingerprint density at radius 3 is 2.12 bits per heavy atom. The third-order valence-corrected chi connectivity index (χ3v) is 5.89. The predicted molar refractivity (Wildman–Crippen MR) is 137 cm³/mol. The number of hydrogen-bond acceptors (Lipinski definition) is 3. The fourth-order valence-corrected chi connectivity index (χ4v) is 4.21. The van der Waals surface area contributed by atoms with Crippen LogP contribution in [0, 0.1) is 0 Å². The molecule has 0 saturated heterocycles. The number of hydrogen-bond donors (Lipinski definition) is 1. The van der Waals surface area contributed by atoms with Crippen molar-refractivity contribution in [3.05, 3.63) is 96.2 Å². The number of aromatic nitrogens is 2. The van der Waals surface area contributed by atoms with Gasteiger partial charge in [0.05, 0.1) is 12.6 Å². The summed E-state index contributed by atoms with van der Waals surface area (Å²) in [6, 6.07) is 27.8. The molecule has 0 spiro atoms. The molecule has 0 aliphatic heterocycles. The fourth-order valence-electron chi connectivity index (χ4n) is 4.21. The molecule has 5 nitrogen and oxygen atoms in total. The average molecular weight is 454 g/mol. The maximum atomic E-state index is 13.8. The van der Waals surface area contributed by atoms with Crippen molar-refractivity contribution in [3.8, 4) is 28.4 Å². The molecular weight excluding hydrogens is 422 g/mol. The van der Waals surface area contributed by atoms with E-state index in [1.165, 1.54) is 0 Å². The maximum Gasteiger partial charge on any atom is 0.270 e. The van der Waals surface area contributed by atoms with Crippen LogP contribution >= 0.6 is 0 Å². The highest BCUT2D eigenvalue weighted by atomic mass is 16.5. The molecule has 0 bridgehead atoms. The topological polar surface area (TPSA) is 56.2 Å². The molecule has 0 radical (unpaired) electrons. The van der Waals surface area contributed by atoms with Gasteiger partial charge in [0.15, 0.2) is 0 Å². The van der Waals surface area contributed by atoms with Crippen LogP contribution in [-0.2, 0) is 6.54 Å². The van der Waals surface area contributed by atoms with Gasteiger partial charge < -0.3 is 14.6 Å². The second kappa shape index (κ2) is 10.8. The van der Waals surface area contributed by atoms with Crippen molar-refractivity contribution < 1.29 is 9.53 Å². The molecule has 0 aliphatic rings. The van der Waals surface area contributed by atoms with Gasteiger partial charge in [-0.25, -0.2) is 4.98 Å². The normalized spacial score (nSPS) is 11.7. The molecule has 0 saturated carbocycles. The molecule has 0 unspecified atom stereocenters. The lowest BCUT2D eigenvalue weighted by Crippen LogP contribution is -2.30. The summed E-state index contributed by atoms with van der Waals surface area (Å²) >= 11 is 0. The molecule has 34 heavy (non-hydrogen) atoms. The van der Waals surface area contributed by atoms with Gasteiger partial charge in [-0.15, -0.1) is 0 Å². The molecule has 4 aromatic rings. The number of nitrogens with zero attached hydrogens (tertiary/aromatic N) is 2. The highest BCUT2D eigenvalue weighted by Gasteiger charge is 2.26. The minimum Gasteiger partial charge on any atom is -0.494 e. The fraction of sp³-hybridized carbons (Fsp3) is 0.241. The number of carbonyl (C=O) groups excluding carboxylic acids is 1. The van der Waals surface area contributed by atoms with E-state index in [1.54, 1.807) is 0 Å². The number of ether oxygens (including phenoxy) is 1. The van der Waals surface area contributed by atoms with Crippen molar-refractivity contribution in [3.63, 3.8) is 0 Å². The molecule has 1 amide bonds. The second-order valence-electron chi connectivity index (χ2n) is 8.05. The monoisotopic (exact) mass is 453 g/mol. The zero-order chi connectivity index (χ0) is 23.9. The Kier molecular flexibility index (Phi) is 7.43. The Labute approximate surface area is 201 Å². The van der Waals surface area contributed by atoms with Crippen molar-refractivity contribution in [2.75, 3.05) is 6.61 Å². The first-order valence-corrected chi connectivity index (χ1v) is 11.9. The first kappa shape index (κ1) is 23.3. The van der Waals surface area contributed by atoms with Crippen molar-refractivity contribution in [1.29, 1.82) is 0 Å². The first-order valence-electron chi connectivity index (χ1n) is 11.9. The molecule has 0 aliphatic carbocycles. The van der Waals surface area contributed by atoms with Crippen LogP contribution < -0.4 is 10.1 Å².